The van der Waals surface area contributed by atoms with Crippen molar-refractivity contribution < 1.29 is 0 Å². The molecule has 2 aromatic carbocycles. The highest BCUT2D eigenvalue weighted by atomic mass is 15.1. The second-order valence-electron chi connectivity index (χ2n) is 6.13. The van der Waals surface area contributed by atoms with Gasteiger partial charge in [0, 0.05) is 18.3 Å². The number of hydrogen-bond donors (Lipinski definition) is 2. The molecule has 0 spiro atoms. The molecule has 0 radical (unpaired) electrons. The molecule has 24 heavy (non-hydrogen) atoms. The smallest absolute Gasteiger partial charge is 0.135 e. The van der Waals surface area contributed by atoms with Gasteiger partial charge in [-0.05, 0) is 49.6 Å². The quantitative estimate of drug-likeness (QED) is 0.712. The van der Waals surface area contributed by atoms with Crippen molar-refractivity contribution in [3.63, 3.8) is 0 Å². The third kappa shape index (κ3) is 4.32. The third-order valence-electron chi connectivity index (χ3n) is 3.76. The van der Waals surface area contributed by atoms with Gasteiger partial charge in [-0.3, -0.25) is 0 Å². The third-order valence-corrected chi connectivity index (χ3v) is 3.76. The van der Waals surface area contributed by atoms with E-state index in [0.29, 0.717) is 0 Å². The van der Waals surface area contributed by atoms with Gasteiger partial charge in [0.15, 0.2) is 0 Å². The van der Waals surface area contributed by atoms with Crippen LogP contribution >= 0.6 is 0 Å². The lowest BCUT2D eigenvalue weighted by Crippen LogP contribution is -2.03. The first kappa shape index (κ1) is 16.0. The Labute approximate surface area is 143 Å². The molecule has 122 valence electrons. The second kappa shape index (κ2) is 7.13. The van der Waals surface area contributed by atoms with Crippen molar-refractivity contribution in [1.29, 1.82) is 0 Å². The number of anilines is 3. The molecule has 1 aromatic heterocycles. The van der Waals surface area contributed by atoms with E-state index in [1.165, 1.54) is 22.3 Å². The molecule has 0 atom stereocenters. The fourth-order valence-electron chi connectivity index (χ4n) is 2.62. The molecule has 0 saturated carbocycles. The molecule has 4 heteroatoms. The van der Waals surface area contributed by atoms with E-state index >= 15 is 0 Å². The maximum Gasteiger partial charge on any atom is 0.135 e. The molecule has 3 rings (SSSR count). The van der Waals surface area contributed by atoms with Crippen molar-refractivity contribution in [2.45, 2.75) is 27.3 Å². The summed E-state index contributed by atoms with van der Waals surface area (Å²) in [4.78, 5) is 8.58. The maximum atomic E-state index is 4.30. The molecule has 3 aromatic rings. The van der Waals surface area contributed by atoms with Gasteiger partial charge < -0.3 is 10.6 Å². The Balaban J connectivity index is 1.68. The first-order valence-electron chi connectivity index (χ1n) is 8.05. The number of benzene rings is 2. The summed E-state index contributed by atoms with van der Waals surface area (Å²) in [5, 5.41) is 6.68. The summed E-state index contributed by atoms with van der Waals surface area (Å²) in [5.74, 6) is 1.58. The zero-order valence-corrected chi connectivity index (χ0v) is 14.3. The predicted octanol–water partition coefficient (Wildman–Crippen LogP) is 4.76. The standard InChI is InChI=1S/C20H22N4/c1-14-4-6-17(7-5-14)12-21-19-11-20(23-13-22-19)24-18-9-15(2)8-16(3)10-18/h4-11,13H,12H2,1-3H3,(H2,21,22,23,24). The first-order chi connectivity index (χ1) is 11.6. The highest BCUT2D eigenvalue weighted by Crippen LogP contribution is 2.19. The topological polar surface area (TPSA) is 49.8 Å². The molecular weight excluding hydrogens is 296 g/mol. The van der Waals surface area contributed by atoms with Crippen LogP contribution < -0.4 is 10.6 Å². The summed E-state index contributed by atoms with van der Waals surface area (Å²) >= 11 is 0. The van der Waals surface area contributed by atoms with Gasteiger partial charge in [0.05, 0.1) is 0 Å². The van der Waals surface area contributed by atoms with Crippen molar-refractivity contribution in [2.24, 2.45) is 0 Å². The van der Waals surface area contributed by atoms with Gasteiger partial charge in [-0.2, -0.15) is 0 Å². The largest absolute Gasteiger partial charge is 0.366 e. The van der Waals surface area contributed by atoms with E-state index in [9.17, 15) is 0 Å². The van der Waals surface area contributed by atoms with Gasteiger partial charge in [-0.25, -0.2) is 9.97 Å². The molecule has 0 aliphatic heterocycles. The molecule has 0 bridgehead atoms. The van der Waals surface area contributed by atoms with Crippen molar-refractivity contribution in [1.82, 2.24) is 9.97 Å². The Morgan fingerprint density at radius 2 is 1.42 bits per heavy atom. The van der Waals surface area contributed by atoms with Crippen LogP contribution in [0.4, 0.5) is 17.3 Å². The van der Waals surface area contributed by atoms with E-state index in [2.05, 4.69) is 83.8 Å². The highest BCUT2D eigenvalue weighted by Gasteiger charge is 2.01. The predicted molar refractivity (Wildman–Crippen MR) is 99.7 cm³/mol. The van der Waals surface area contributed by atoms with Gasteiger partial charge >= 0.3 is 0 Å². The zero-order chi connectivity index (χ0) is 16.9. The van der Waals surface area contributed by atoms with Crippen molar-refractivity contribution in [3.8, 4) is 0 Å². The Morgan fingerprint density at radius 1 is 0.750 bits per heavy atom. The van der Waals surface area contributed by atoms with Crippen LogP contribution in [-0.2, 0) is 6.54 Å². The minimum atomic E-state index is 0.736. The van der Waals surface area contributed by atoms with Crippen LogP contribution in [0, 0.1) is 20.8 Å². The molecule has 0 aliphatic rings. The summed E-state index contributed by atoms with van der Waals surface area (Å²) in [6, 6.07) is 16.8. The lowest BCUT2D eigenvalue weighted by Gasteiger charge is -2.10. The number of rotatable bonds is 5. The fourth-order valence-corrected chi connectivity index (χ4v) is 2.62. The number of nitrogens with one attached hydrogen (secondary N) is 2. The molecule has 1 heterocycles. The van der Waals surface area contributed by atoms with Crippen LogP contribution in [0.25, 0.3) is 0 Å². The number of hydrogen-bond acceptors (Lipinski definition) is 4. The Morgan fingerprint density at radius 3 is 2.12 bits per heavy atom. The minimum Gasteiger partial charge on any atom is -0.366 e. The van der Waals surface area contributed by atoms with E-state index in [1.54, 1.807) is 6.33 Å². The summed E-state index contributed by atoms with van der Waals surface area (Å²) < 4.78 is 0. The fraction of sp³-hybridized carbons (Fsp3) is 0.200. The average molecular weight is 318 g/mol. The van der Waals surface area contributed by atoms with E-state index in [-0.39, 0.29) is 0 Å². The minimum absolute atomic E-state index is 0.736. The van der Waals surface area contributed by atoms with Crippen LogP contribution in [0.2, 0.25) is 0 Å². The van der Waals surface area contributed by atoms with E-state index in [0.717, 1.165) is 23.9 Å². The van der Waals surface area contributed by atoms with Crippen molar-refractivity contribution in [3.05, 3.63) is 77.1 Å². The first-order valence-corrected chi connectivity index (χ1v) is 8.05. The average Bonchev–Trinajstić information content (AvgIpc) is 2.54. The van der Waals surface area contributed by atoms with Crippen molar-refractivity contribution >= 4 is 17.3 Å². The maximum absolute atomic E-state index is 4.30. The van der Waals surface area contributed by atoms with Crippen LogP contribution in [0.5, 0.6) is 0 Å². The van der Waals surface area contributed by atoms with E-state index in [1.807, 2.05) is 6.07 Å². The van der Waals surface area contributed by atoms with Crippen LogP contribution in [0.3, 0.4) is 0 Å². The van der Waals surface area contributed by atoms with Crippen LogP contribution in [-0.4, -0.2) is 9.97 Å². The van der Waals surface area contributed by atoms with Crippen LogP contribution in [0.1, 0.15) is 22.3 Å². The Bertz CT molecular complexity index is 805. The van der Waals surface area contributed by atoms with Crippen LogP contribution in [0.15, 0.2) is 54.9 Å². The van der Waals surface area contributed by atoms with Crippen molar-refractivity contribution in [2.75, 3.05) is 10.6 Å². The lowest BCUT2D eigenvalue weighted by atomic mass is 10.1. The Hall–Kier alpha value is -2.88. The summed E-state index contributed by atoms with van der Waals surface area (Å²) in [5.41, 5.74) is 5.98. The monoisotopic (exact) mass is 318 g/mol. The van der Waals surface area contributed by atoms with Gasteiger partial charge in [0.1, 0.15) is 18.0 Å². The van der Waals surface area contributed by atoms with Gasteiger partial charge in [0.25, 0.3) is 0 Å². The molecule has 0 amide bonds. The summed E-state index contributed by atoms with van der Waals surface area (Å²) in [6.45, 7) is 7.01. The summed E-state index contributed by atoms with van der Waals surface area (Å²) in [7, 11) is 0. The molecule has 0 unspecified atom stereocenters. The molecule has 2 N–H and O–H groups in total. The zero-order valence-electron chi connectivity index (χ0n) is 14.3. The molecule has 4 nitrogen and oxygen atoms in total. The van der Waals surface area contributed by atoms with Gasteiger partial charge in [0.2, 0.25) is 0 Å². The van der Waals surface area contributed by atoms with E-state index in [4.69, 9.17) is 0 Å². The molecule has 0 fully saturated rings. The van der Waals surface area contributed by atoms with E-state index < -0.39 is 0 Å². The lowest BCUT2D eigenvalue weighted by molar-refractivity contribution is 1.08. The highest BCUT2D eigenvalue weighted by molar-refractivity contribution is 5.60. The SMILES string of the molecule is Cc1ccc(CNc2cc(Nc3cc(C)cc(C)c3)ncn2)cc1. The van der Waals surface area contributed by atoms with Gasteiger partial charge in [-0.1, -0.05) is 35.9 Å². The Kier molecular flexibility index (Phi) is 4.75. The normalized spacial score (nSPS) is 10.5. The number of aryl methyl sites for hydroxylation is 3. The molecular formula is C20H22N4. The number of aromatic nitrogens is 2. The second-order valence-corrected chi connectivity index (χ2v) is 6.13. The summed E-state index contributed by atoms with van der Waals surface area (Å²) in [6.07, 6.45) is 1.57. The molecule has 0 saturated heterocycles. The van der Waals surface area contributed by atoms with Gasteiger partial charge in [-0.15, -0.1) is 0 Å². The number of nitrogens with zero attached hydrogens (tertiary/aromatic N) is 2. The molecule has 0 aliphatic carbocycles.